The minimum Gasteiger partial charge on any atom is -0.238 e. The van der Waals surface area contributed by atoms with E-state index in [1.165, 1.54) is 11.3 Å². The van der Waals surface area contributed by atoms with E-state index in [0.29, 0.717) is 4.21 Å². The fraction of sp³-hybridized carbons (Fsp3) is 0.235. The van der Waals surface area contributed by atoms with Crippen molar-refractivity contribution in [1.82, 2.24) is 14.5 Å². The predicted molar refractivity (Wildman–Crippen MR) is 96.1 cm³/mol. The van der Waals surface area contributed by atoms with Crippen LogP contribution in [0.1, 0.15) is 21.8 Å². The van der Waals surface area contributed by atoms with Gasteiger partial charge in [0.25, 0.3) is 0 Å². The predicted octanol–water partition coefficient (Wildman–Crippen LogP) is 3.34. The molecule has 0 aliphatic heterocycles. The highest BCUT2D eigenvalue weighted by molar-refractivity contribution is 7.91. The molecule has 0 bridgehead atoms. The number of nitrogens with one attached hydrogen (secondary N) is 1. The lowest BCUT2D eigenvalue weighted by Crippen LogP contribution is -2.23. The third kappa shape index (κ3) is 3.28. The molecule has 1 N–H and O–H groups in total. The molecule has 5 nitrogen and oxygen atoms in total. The maximum absolute atomic E-state index is 12.4. The van der Waals surface area contributed by atoms with Crippen molar-refractivity contribution in [3.8, 4) is 5.69 Å². The number of benzene rings is 1. The van der Waals surface area contributed by atoms with Gasteiger partial charge < -0.3 is 0 Å². The SMILES string of the molecule is Cc1ccc(S(=O)(=O)NCc2c(C)nn(-c3ccccc3)c2C)s1. The lowest BCUT2D eigenvalue weighted by Gasteiger charge is -2.07. The normalized spacial score (nSPS) is 11.8. The Morgan fingerprint density at radius 2 is 1.79 bits per heavy atom. The summed E-state index contributed by atoms with van der Waals surface area (Å²) < 4.78 is 29.6. The molecule has 0 aliphatic carbocycles. The van der Waals surface area contributed by atoms with Crippen LogP contribution in [-0.2, 0) is 16.6 Å². The maximum Gasteiger partial charge on any atom is 0.250 e. The van der Waals surface area contributed by atoms with Gasteiger partial charge in [-0.15, -0.1) is 11.3 Å². The lowest BCUT2D eigenvalue weighted by atomic mass is 10.2. The molecule has 0 saturated heterocycles. The summed E-state index contributed by atoms with van der Waals surface area (Å²) in [6.45, 7) is 5.96. The molecule has 0 atom stereocenters. The fourth-order valence-electron chi connectivity index (χ4n) is 2.55. The van der Waals surface area contributed by atoms with E-state index >= 15 is 0 Å². The first-order valence-electron chi connectivity index (χ1n) is 7.55. The molecule has 3 aromatic rings. The van der Waals surface area contributed by atoms with Gasteiger partial charge in [-0.2, -0.15) is 5.10 Å². The monoisotopic (exact) mass is 361 g/mol. The molecule has 0 spiro atoms. The van der Waals surface area contributed by atoms with E-state index in [1.807, 2.05) is 61.9 Å². The summed E-state index contributed by atoms with van der Waals surface area (Å²) in [6, 6.07) is 13.2. The standard InChI is InChI=1S/C17H19N3O2S2/c1-12-9-10-17(23-12)24(21,22)18-11-16-13(2)19-20(14(16)3)15-7-5-4-6-8-15/h4-10,18H,11H2,1-3H3. The summed E-state index contributed by atoms with van der Waals surface area (Å²) >= 11 is 1.27. The number of rotatable bonds is 5. The average Bonchev–Trinajstić information content (AvgIpc) is 3.11. The quantitative estimate of drug-likeness (QED) is 0.758. The number of aryl methyl sites for hydroxylation is 2. The second-order valence-corrected chi connectivity index (χ2v) is 8.87. The highest BCUT2D eigenvalue weighted by atomic mass is 32.2. The zero-order chi connectivity index (χ0) is 17.3. The zero-order valence-electron chi connectivity index (χ0n) is 13.8. The Morgan fingerprint density at radius 1 is 1.08 bits per heavy atom. The van der Waals surface area contributed by atoms with E-state index in [2.05, 4.69) is 9.82 Å². The van der Waals surface area contributed by atoms with Crippen molar-refractivity contribution in [2.45, 2.75) is 31.5 Å². The Kier molecular flexibility index (Phi) is 4.58. The van der Waals surface area contributed by atoms with Crippen molar-refractivity contribution in [1.29, 1.82) is 0 Å². The van der Waals surface area contributed by atoms with Crippen molar-refractivity contribution in [3.63, 3.8) is 0 Å². The molecule has 126 valence electrons. The topological polar surface area (TPSA) is 64.0 Å². The molecule has 0 aliphatic rings. The minimum atomic E-state index is -3.50. The molecule has 2 aromatic heterocycles. The Balaban J connectivity index is 1.85. The van der Waals surface area contributed by atoms with E-state index in [9.17, 15) is 8.42 Å². The summed E-state index contributed by atoms with van der Waals surface area (Å²) in [5, 5.41) is 4.54. The van der Waals surface area contributed by atoms with Crippen molar-refractivity contribution in [3.05, 3.63) is 64.3 Å². The van der Waals surface area contributed by atoms with Crippen LogP contribution in [0.2, 0.25) is 0 Å². The highest BCUT2D eigenvalue weighted by Crippen LogP contribution is 2.22. The van der Waals surface area contributed by atoms with Gasteiger partial charge in [0.05, 0.1) is 11.4 Å². The van der Waals surface area contributed by atoms with Crippen molar-refractivity contribution >= 4 is 21.4 Å². The number of hydrogen-bond donors (Lipinski definition) is 1. The molecule has 1 aromatic carbocycles. The van der Waals surface area contributed by atoms with Gasteiger partial charge in [0, 0.05) is 22.7 Å². The lowest BCUT2D eigenvalue weighted by molar-refractivity contribution is 0.583. The van der Waals surface area contributed by atoms with Gasteiger partial charge in [0.1, 0.15) is 4.21 Å². The molecular formula is C17H19N3O2S2. The van der Waals surface area contributed by atoms with E-state index in [-0.39, 0.29) is 6.54 Å². The van der Waals surface area contributed by atoms with Gasteiger partial charge in [-0.25, -0.2) is 17.8 Å². The zero-order valence-corrected chi connectivity index (χ0v) is 15.4. The van der Waals surface area contributed by atoms with Gasteiger partial charge in [0.15, 0.2) is 0 Å². The summed E-state index contributed by atoms with van der Waals surface area (Å²) in [5.74, 6) is 0. The number of hydrogen-bond acceptors (Lipinski definition) is 4. The van der Waals surface area contributed by atoms with Crippen LogP contribution in [0.4, 0.5) is 0 Å². The van der Waals surface area contributed by atoms with E-state index in [1.54, 1.807) is 6.07 Å². The molecule has 0 unspecified atom stereocenters. The molecule has 2 heterocycles. The van der Waals surface area contributed by atoms with E-state index < -0.39 is 10.0 Å². The number of thiophene rings is 1. The van der Waals surface area contributed by atoms with Crippen molar-refractivity contribution < 1.29 is 8.42 Å². The Bertz CT molecular complexity index is 957. The third-order valence-corrected chi connectivity index (χ3v) is 6.76. The fourth-order valence-corrected chi connectivity index (χ4v) is 4.87. The van der Waals surface area contributed by atoms with E-state index in [4.69, 9.17) is 0 Å². The van der Waals surface area contributed by atoms with Gasteiger partial charge in [0.2, 0.25) is 10.0 Å². The van der Waals surface area contributed by atoms with Crippen LogP contribution in [0.15, 0.2) is 46.7 Å². The third-order valence-electron chi connectivity index (χ3n) is 3.86. The van der Waals surface area contributed by atoms with Gasteiger partial charge >= 0.3 is 0 Å². The van der Waals surface area contributed by atoms with Crippen LogP contribution in [0, 0.1) is 20.8 Å². The second-order valence-electron chi connectivity index (χ2n) is 5.59. The van der Waals surface area contributed by atoms with Gasteiger partial charge in [-0.3, -0.25) is 0 Å². The molecule has 3 rings (SSSR count). The average molecular weight is 361 g/mol. The number of sulfonamides is 1. The van der Waals surface area contributed by atoms with Crippen LogP contribution in [0.5, 0.6) is 0 Å². The maximum atomic E-state index is 12.4. The summed E-state index contributed by atoms with van der Waals surface area (Å²) in [5.41, 5.74) is 3.61. The largest absolute Gasteiger partial charge is 0.250 e. The molecular weight excluding hydrogens is 342 g/mol. The van der Waals surface area contributed by atoms with Gasteiger partial charge in [-0.1, -0.05) is 18.2 Å². The summed E-state index contributed by atoms with van der Waals surface area (Å²) in [7, 11) is -3.50. The molecule has 24 heavy (non-hydrogen) atoms. The molecule has 0 amide bonds. The van der Waals surface area contributed by atoms with Crippen LogP contribution in [0.3, 0.4) is 0 Å². The van der Waals surface area contributed by atoms with Gasteiger partial charge in [-0.05, 0) is 45.0 Å². The molecule has 0 saturated carbocycles. The Hall–Kier alpha value is -1.96. The molecule has 7 heteroatoms. The van der Waals surface area contributed by atoms with Crippen LogP contribution < -0.4 is 4.72 Å². The minimum absolute atomic E-state index is 0.226. The molecule has 0 radical (unpaired) electrons. The number of aromatic nitrogens is 2. The number of nitrogens with zero attached hydrogens (tertiary/aromatic N) is 2. The van der Waals surface area contributed by atoms with Crippen LogP contribution in [-0.4, -0.2) is 18.2 Å². The van der Waals surface area contributed by atoms with Crippen molar-refractivity contribution in [2.24, 2.45) is 0 Å². The smallest absolute Gasteiger partial charge is 0.238 e. The van der Waals surface area contributed by atoms with Crippen LogP contribution in [0.25, 0.3) is 5.69 Å². The number of para-hydroxylation sites is 1. The summed E-state index contributed by atoms with van der Waals surface area (Å²) in [6.07, 6.45) is 0. The summed E-state index contributed by atoms with van der Waals surface area (Å²) in [4.78, 5) is 0.972. The van der Waals surface area contributed by atoms with Crippen LogP contribution >= 0.6 is 11.3 Å². The van der Waals surface area contributed by atoms with Crippen molar-refractivity contribution in [2.75, 3.05) is 0 Å². The first kappa shape index (κ1) is 16.9. The van der Waals surface area contributed by atoms with E-state index in [0.717, 1.165) is 27.5 Å². The highest BCUT2D eigenvalue weighted by Gasteiger charge is 2.19. The first-order valence-corrected chi connectivity index (χ1v) is 9.85. The first-order chi connectivity index (χ1) is 11.4. The Labute approximate surface area is 146 Å². The molecule has 0 fully saturated rings. The Morgan fingerprint density at radius 3 is 2.42 bits per heavy atom. The second kappa shape index (κ2) is 6.51.